The minimum absolute atomic E-state index is 0.221. The van der Waals surface area contributed by atoms with Gasteiger partial charge in [0.15, 0.2) is 0 Å². The minimum atomic E-state index is 0.221. The molecule has 1 atom stereocenters. The molecule has 1 aromatic rings. The summed E-state index contributed by atoms with van der Waals surface area (Å²) < 4.78 is 10.4. The summed E-state index contributed by atoms with van der Waals surface area (Å²) in [5.41, 5.74) is 2.87. The standard InChI is InChI=1S/C20H30N2O3/c1-24-12-9-20(23)22-10-7-17(8-11-22)21-18-5-3-15-4-6-19(25-2)14-16(15)13-18/h4,6,14,17-18,21H,3,5,7-13H2,1-2H3/t18-/m0/s1. The van der Waals surface area contributed by atoms with Crippen molar-refractivity contribution in [1.29, 1.82) is 0 Å². The van der Waals surface area contributed by atoms with Gasteiger partial charge in [0, 0.05) is 32.3 Å². The van der Waals surface area contributed by atoms with Gasteiger partial charge in [0.2, 0.25) is 5.91 Å². The van der Waals surface area contributed by atoms with E-state index in [1.165, 1.54) is 17.5 Å². The molecule has 0 unspecified atom stereocenters. The first-order chi connectivity index (χ1) is 12.2. The van der Waals surface area contributed by atoms with Crippen LogP contribution in [0.1, 0.15) is 36.8 Å². The average Bonchev–Trinajstić information content (AvgIpc) is 2.66. The Kier molecular flexibility index (Phi) is 6.32. The lowest BCUT2D eigenvalue weighted by atomic mass is 9.87. The highest BCUT2D eigenvalue weighted by molar-refractivity contribution is 5.76. The van der Waals surface area contributed by atoms with Crippen LogP contribution in [0.2, 0.25) is 0 Å². The largest absolute Gasteiger partial charge is 0.497 e. The molecule has 0 bridgehead atoms. The lowest BCUT2D eigenvalue weighted by Gasteiger charge is -2.36. The molecule has 3 rings (SSSR count). The van der Waals surface area contributed by atoms with Crippen LogP contribution in [0, 0.1) is 0 Å². The first-order valence-corrected chi connectivity index (χ1v) is 9.38. The molecule has 1 aromatic carbocycles. The third kappa shape index (κ3) is 4.73. The minimum Gasteiger partial charge on any atom is -0.497 e. The van der Waals surface area contributed by atoms with Crippen molar-refractivity contribution in [1.82, 2.24) is 10.2 Å². The van der Waals surface area contributed by atoms with Crippen molar-refractivity contribution in [3.8, 4) is 5.75 Å². The van der Waals surface area contributed by atoms with Gasteiger partial charge < -0.3 is 19.7 Å². The summed E-state index contributed by atoms with van der Waals surface area (Å²) in [6.07, 6.45) is 5.97. The number of fused-ring (bicyclic) bond motifs is 1. The fraction of sp³-hybridized carbons (Fsp3) is 0.650. The Morgan fingerprint density at radius 1 is 1.16 bits per heavy atom. The van der Waals surface area contributed by atoms with Crippen molar-refractivity contribution >= 4 is 5.91 Å². The maximum atomic E-state index is 12.1. The van der Waals surface area contributed by atoms with Gasteiger partial charge in [-0.05, 0) is 55.4 Å². The van der Waals surface area contributed by atoms with Gasteiger partial charge in [-0.3, -0.25) is 4.79 Å². The Bertz CT molecular complexity index is 582. The van der Waals surface area contributed by atoms with Crippen LogP contribution >= 0.6 is 0 Å². The van der Waals surface area contributed by atoms with E-state index in [2.05, 4.69) is 23.5 Å². The summed E-state index contributed by atoms with van der Waals surface area (Å²) in [5, 5.41) is 3.84. The molecule has 0 saturated carbocycles. The molecule has 0 radical (unpaired) electrons. The van der Waals surface area contributed by atoms with E-state index in [1.54, 1.807) is 14.2 Å². The van der Waals surface area contributed by atoms with Gasteiger partial charge in [-0.1, -0.05) is 6.07 Å². The van der Waals surface area contributed by atoms with E-state index in [-0.39, 0.29) is 5.91 Å². The molecule has 1 fully saturated rings. The van der Waals surface area contributed by atoms with Gasteiger partial charge in [-0.15, -0.1) is 0 Å². The van der Waals surface area contributed by atoms with Gasteiger partial charge in [0.05, 0.1) is 20.1 Å². The number of aryl methyl sites for hydroxylation is 1. The van der Waals surface area contributed by atoms with Crippen LogP contribution in [0.5, 0.6) is 5.75 Å². The Morgan fingerprint density at radius 2 is 1.96 bits per heavy atom. The zero-order valence-corrected chi connectivity index (χ0v) is 15.4. The van der Waals surface area contributed by atoms with Crippen LogP contribution in [0.25, 0.3) is 0 Å². The fourth-order valence-electron chi connectivity index (χ4n) is 3.98. The number of methoxy groups -OCH3 is 2. The molecule has 0 aromatic heterocycles. The highest BCUT2D eigenvalue weighted by Gasteiger charge is 2.26. The summed E-state index contributed by atoms with van der Waals surface area (Å²) in [4.78, 5) is 14.0. The highest BCUT2D eigenvalue weighted by Crippen LogP contribution is 2.26. The molecular formula is C20H30N2O3. The quantitative estimate of drug-likeness (QED) is 0.858. The van der Waals surface area contributed by atoms with E-state index < -0.39 is 0 Å². The molecule has 1 saturated heterocycles. The normalized spacial score (nSPS) is 21.0. The second-order valence-corrected chi connectivity index (χ2v) is 7.14. The average molecular weight is 346 g/mol. The van der Waals surface area contributed by atoms with Crippen molar-refractivity contribution in [3.05, 3.63) is 29.3 Å². The Labute approximate surface area is 150 Å². The molecule has 25 heavy (non-hydrogen) atoms. The number of amides is 1. The molecule has 1 N–H and O–H groups in total. The monoisotopic (exact) mass is 346 g/mol. The van der Waals surface area contributed by atoms with E-state index in [4.69, 9.17) is 9.47 Å². The molecule has 5 heteroatoms. The van der Waals surface area contributed by atoms with Crippen molar-refractivity contribution in [2.75, 3.05) is 33.9 Å². The predicted molar refractivity (Wildman–Crippen MR) is 98.0 cm³/mol. The van der Waals surface area contributed by atoms with Crippen molar-refractivity contribution in [2.45, 2.75) is 50.6 Å². The number of hydrogen-bond donors (Lipinski definition) is 1. The number of rotatable bonds is 6. The lowest BCUT2D eigenvalue weighted by Crippen LogP contribution is -2.49. The molecular weight excluding hydrogens is 316 g/mol. The molecule has 2 aliphatic rings. The number of nitrogens with zero attached hydrogens (tertiary/aromatic N) is 1. The van der Waals surface area contributed by atoms with Gasteiger partial charge in [-0.25, -0.2) is 0 Å². The molecule has 1 aliphatic heterocycles. The zero-order valence-electron chi connectivity index (χ0n) is 15.4. The van der Waals surface area contributed by atoms with Gasteiger partial charge in [-0.2, -0.15) is 0 Å². The summed E-state index contributed by atoms with van der Waals surface area (Å²) in [7, 11) is 3.36. The Morgan fingerprint density at radius 3 is 2.68 bits per heavy atom. The van der Waals surface area contributed by atoms with Gasteiger partial charge in [0.1, 0.15) is 5.75 Å². The number of hydrogen-bond acceptors (Lipinski definition) is 4. The number of nitrogens with one attached hydrogen (secondary N) is 1. The maximum absolute atomic E-state index is 12.1. The second-order valence-electron chi connectivity index (χ2n) is 7.14. The highest BCUT2D eigenvalue weighted by atomic mass is 16.5. The number of benzene rings is 1. The smallest absolute Gasteiger partial charge is 0.224 e. The summed E-state index contributed by atoms with van der Waals surface area (Å²) in [6.45, 7) is 2.23. The number of carbonyl (C=O) groups excluding carboxylic acids is 1. The Balaban J connectivity index is 1.47. The number of carbonyl (C=O) groups is 1. The van der Waals surface area contributed by atoms with E-state index in [9.17, 15) is 4.79 Å². The van der Waals surface area contributed by atoms with E-state index in [1.807, 2.05) is 4.90 Å². The number of likely N-dealkylation sites (tertiary alicyclic amines) is 1. The molecule has 5 nitrogen and oxygen atoms in total. The maximum Gasteiger partial charge on any atom is 0.224 e. The third-order valence-electron chi connectivity index (χ3n) is 5.48. The van der Waals surface area contributed by atoms with Crippen molar-refractivity contribution < 1.29 is 14.3 Å². The van der Waals surface area contributed by atoms with Gasteiger partial charge in [0.25, 0.3) is 0 Å². The number of ether oxygens (including phenoxy) is 2. The van der Waals surface area contributed by atoms with Crippen molar-refractivity contribution in [3.63, 3.8) is 0 Å². The van der Waals surface area contributed by atoms with E-state index >= 15 is 0 Å². The van der Waals surface area contributed by atoms with E-state index in [0.29, 0.717) is 25.1 Å². The fourth-order valence-corrected chi connectivity index (χ4v) is 3.98. The van der Waals surface area contributed by atoms with Crippen molar-refractivity contribution in [2.24, 2.45) is 0 Å². The molecule has 1 aliphatic carbocycles. The molecule has 1 amide bonds. The Hall–Kier alpha value is -1.59. The van der Waals surface area contributed by atoms with Crippen LogP contribution in [0.4, 0.5) is 0 Å². The van der Waals surface area contributed by atoms with E-state index in [0.717, 1.165) is 44.5 Å². The summed E-state index contributed by atoms with van der Waals surface area (Å²) in [6, 6.07) is 7.49. The first kappa shape index (κ1) is 18.2. The topological polar surface area (TPSA) is 50.8 Å². The summed E-state index contributed by atoms with van der Waals surface area (Å²) in [5.74, 6) is 1.17. The van der Waals surface area contributed by atoms with Crippen LogP contribution in [-0.2, 0) is 22.4 Å². The van der Waals surface area contributed by atoms with Gasteiger partial charge >= 0.3 is 0 Å². The predicted octanol–water partition coefficient (Wildman–Crippen LogP) is 2.17. The third-order valence-corrected chi connectivity index (χ3v) is 5.48. The first-order valence-electron chi connectivity index (χ1n) is 9.38. The SMILES string of the molecule is COCCC(=O)N1CCC(N[C@H]2CCc3ccc(OC)cc3C2)CC1. The van der Waals surface area contributed by atoms with Crippen LogP contribution in [0.15, 0.2) is 18.2 Å². The zero-order chi connectivity index (χ0) is 17.6. The molecule has 0 spiro atoms. The second kappa shape index (κ2) is 8.68. The van der Waals surface area contributed by atoms with Crippen LogP contribution < -0.4 is 10.1 Å². The summed E-state index contributed by atoms with van der Waals surface area (Å²) >= 11 is 0. The number of piperidine rings is 1. The lowest BCUT2D eigenvalue weighted by molar-refractivity contribution is -0.133. The van der Waals surface area contributed by atoms with Crippen LogP contribution in [0.3, 0.4) is 0 Å². The molecule has 1 heterocycles. The molecule has 138 valence electrons. The van der Waals surface area contributed by atoms with Crippen LogP contribution in [-0.4, -0.2) is 56.8 Å².